The lowest BCUT2D eigenvalue weighted by molar-refractivity contribution is -0.118. The summed E-state index contributed by atoms with van der Waals surface area (Å²) in [6.45, 7) is 1.98. The Hall–Kier alpha value is -2.73. The Labute approximate surface area is 151 Å². The van der Waals surface area contributed by atoms with Crippen molar-refractivity contribution in [1.29, 1.82) is 0 Å². The molecule has 0 aliphatic heterocycles. The molecule has 0 spiro atoms. The first kappa shape index (κ1) is 18.1. The Bertz CT molecular complexity index is 1080. The van der Waals surface area contributed by atoms with Gasteiger partial charge in [-0.1, -0.05) is 30.3 Å². The van der Waals surface area contributed by atoms with Crippen molar-refractivity contribution in [3.63, 3.8) is 0 Å². The van der Waals surface area contributed by atoms with Crippen molar-refractivity contribution >= 4 is 26.5 Å². The predicted octanol–water partition coefficient (Wildman–Crippen LogP) is 3.49. The Morgan fingerprint density at radius 1 is 1.00 bits per heavy atom. The SMILES string of the molecule is CC(=O)NCCc1cccc2cc(S(=O)(=O)c3cccc(F)c3)ccc12. The largest absolute Gasteiger partial charge is 0.356 e. The third kappa shape index (κ3) is 3.75. The van der Waals surface area contributed by atoms with Gasteiger partial charge in [-0.05, 0) is 53.1 Å². The van der Waals surface area contributed by atoms with Crippen LogP contribution in [0, 0.1) is 5.82 Å². The fourth-order valence-electron chi connectivity index (χ4n) is 2.86. The van der Waals surface area contributed by atoms with Gasteiger partial charge in [-0.15, -0.1) is 0 Å². The van der Waals surface area contributed by atoms with Crippen LogP contribution in [0.2, 0.25) is 0 Å². The molecule has 0 radical (unpaired) electrons. The van der Waals surface area contributed by atoms with E-state index in [-0.39, 0.29) is 15.7 Å². The summed E-state index contributed by atoms with van der Waals surface area (Å²) in [7, 11) is -3.79. The van der Waals surface area contributed by atoms with Crippen LogP contribution >= 0.6 is 0 Å². The summed E-state index contributed by atoms with van der Waals surface area (Å²) in [5.74, 6) is -0.680. The zero-order valence-electron chi connectivity index (χ0n) is 14.2. The van der Waals surface area contributed by atoms with E-state index in [0.717, 1.165) is 22.4 Å². The van der Waals surface area contributed by atoms with Gasteiger partial charge in [0.25, 0.3) is 0 Å². The summed E-state index contributed by atoms with van der Waals surface area (Å²) in [6, 6.07) is 15.5. The topological polar surface area (TPSA) is 63.2 Å². The molecule has 0 unspecified atom stereocenters. The third-order valence-corrected chi connectivity index (χ3v) is 5.88. The maximum Gasteiger partial charge on any atom is 0.216 e. The molecule has 0 heterocycles. The second kappa shape index (κ2) is 7.25. The minimum Gasteiger partial charge on any atom is -0.356 e. The zero-order valence-corrected chi connectivity index (χ0v) is 15.0. The van der Waals surface area contributed by atoms with Crippen molar-refractivity contribution in [2.75, 3.05) is 6.54 Å². The minimum absolute atomic E-state index is 0.0707. The summed E-state index contributed by atoms with van der Waals surface area (Å²) >= 11 is 0. The number of halogens is 1. The molecule has 134 valence electrons. The molecule has 0 aliphatic carbocycles. The second-order valence-corrected chi connectivity index (χ2v) is 7.94. The van der Waals surface area contributed by atoms with E-state index in [4.69, 9.17) is 0 Å². The number of sulfone groups is 1. The Morgan fingerprint density at radius 3 is 2.46 bits per heavy atom. The molecule has 0 fully saturated rings. The van der Waals surface area contributed by atoms with E-state index in [1.165, 1.54) is 31.2 Å². The van der Waals surface area contributed by atoms with Gasteiger partial charge in [0.2, 0.25) is 15.7 Å². The van der Waals surface area contributed by atoms with Crippen molar-refractivity contribution < 1.29 is 17.6 Å². The van der Waals surface area contributed by atoms with Gasteiger partial charge in [0.1, 0.15) is 5.82 Å². The van der Waals surface area contributed by atoms with Gasteiger partial charge >= 0.3 is 0 Å². The van der Waals surface area contributed by atoms with E-state index >= 15 is 0 Å². The maximum atomic E-state index is 13.4. The molecule has 0 aromatic heterocycles. The highest BCUT2D eigenvalue weighted by Gasteiger charge is 2.18. The molecule has 3 aromatic rings. The highest BCUT2D eigenvalue weighted by molar-refractivity contribution is 7.91. The number of hydrogen-bond donors (Lipinski definition) is 1. The van der Waals surface area contributed by atoms with Gasteiger partial charge in [0.05, 0.1) is 9.79 Å². The highest BCUT2D eigenvalue weighted by atomic mass is 32.2. The summed E-state index contributed by atoms with van der Waals surface area (Å²) in [5.41, 5.74) is 1.02. The fraction of sp³-hybridized carbons (Fsp3) is 0.150. The summed E-state index contributed by atoms with van der Waals surface area (Å²) in [5, 5.41) is 4.46. The molecule has 4 nitrogen and oxygen atoms in total. The van der Waals surface area contributed by atoms with Crippen molar-refractivity contribution in [3.8, 4) is 0 Å². The van der Waals surface area contributed by atoms with Gasteiger partial charge in [-0.3, -0.25) is 4.79 Å². The van der Waals surface area contributed by atoms with Crippen LogP contribution in [0.1, 0.15) is 12.5 Å². The van der Waals surface area contributed by atoms with Crippen LogP contribution < -0.4 is 5.32 Å². The van der Waals surface area contributed by atoms with E-state index in [1.54, 1.807) is 12.1 Å². The first-order valence-electron chi connectivity index (χ1n) is 8.15. The van der Waals surface area contributed by atoms with E-state index in [9.17, 15) is 17.6 Å². The number of rotatable bonds is 5. The lowest BCUT2D eigenvalue weighted by atomic mass is 10.0. The van der Waals surface area contributed by atoms with Gasteiger partial charge < -0.3 is 5.32 Å². The number of carbonyl (C=O) groups excluding carboxylic acids is 1. The molecule has 1 amide bonds. The normalized spacial score (nSPS) is 11.5. The number of benzene rings is 3. The molecule has 26 heavy (non-hydrogen) atoms. The smallest absolute Gasteiger partial charge is 0.216 e. The third-order valence-electron chi connectivity index (χ3n) is 4.13. The van der Waals surface area contributed by atoms with Crippen LogP contribution in [-0.2, 0) is 21.1 Å². The molecule has 3 aromatic carbocycles. The lowest BCUT2D eigenvalue weighted by Crippen LogP contribution is -2.22. The molecule has 0 bridgehead atoms. The van der Waals surface area contributed by atoms with E-state index < -0.39 is 15.7 Å². The minimum atomic E-state index is -3.79. The van der Waals surface area contributed by atoms with Crippen LogP contribution in [0.15, 0.2) is 70.5 Å². The number of fused-ring (bicyclic) bond motifs is 1. The van der Waals surface area contributed by atoms with Gasteiger partial charge in [-0.25, -0.2) is 12.8 Å². The van der Waals surface area contributed by atoms with E-state index in [2.05, 4.69) is 5.32 Å². The van der Waals surface area contributed by atoms with Gasteiger partial charge in [0.15, 0.2) is 0 Å². The number of carbonyl (C=O) groups is 1. The van der Waals surface area contributed by atoms with Gasteiger partial charge in [-0.2, -0.15) is 0 Å². The van der Waals surface area contributed by atoms with Crippen LogP contribution in [0.25, 0.3) is 10.8 Å². The molecule has 3 rings (SSSR count). The Balaban J connectivity index is 1.98. The average molecular weight is 371 g/mol. The fourth-order valence-corrected chi connectivity index (χ4v) is 4.18. The second-order valence-electron chi connectivity index (χ2n) is 5.99. The summed E-state index contributed by atoms with van der Waals surface area (Å²) < 4.78 is 38.9. The molecule has 1 N–H and O–H groups in total. The lowest BCUT2D eigenvalue weighted by Gasteiger charge is -2.10. The van der Waals surface area contributed by atoms with E-state index in [1.807, 2.05) is 18.2 Å². The molecule has 0 saturated heterocycles. The van der Waals surface area contributed by atoms with Crippen molar-refractivity contribution in [1.82, 2.24) is 5.32 Å². The first-order chi connectivity index (χ1) is 12.4. The Morgan fingerprint density at radius 2 is 1.73 bits per heavy atom. The molecular formula is C20H18FNO3S. The molecule has 0 aliphatic rings. The van der Waals surface area contributed by atoms with Crippen molar-refractivity contribution in [2.24, 2.45) is 0 Å². The molecule has 0 saturated carbocycles. The highest BCUT2D eigenvalue weighted by Crippen LogP contribution is 2.27. The summed E-state index contributed by atoms with van der Waals surface area (Å²) in [4.78, 5) is 11.1. The predicted molar refractivity (Wildman–Crippen MR) is 98.2 cm³/mol. The van der Waals surface area contributed by atoms with Crippen molar-refractivity contribution in [3.05, 3.63) is 72.0 Å². The first-order valence-corrected chi connectivity index (χ1v) is 9.63. The van der Waals surface area contributed by atoms with Crippen molar-refractivity contribution in [2.45, 2.75) is 23.1 Å². The van der Waals surface area contributed by atoms with E-state index in [0.29, 0.717) is 13.0 Å². The quantitative estimate of drug-likeness (QED) is 0.747. The van der Waals surface area contributed by atoms with Gasteiger partial charge in [0, 0.05) is 13.5 Å². The van der Waals surface area contributed by atoms with Crippen LogP contribution in [0.3, 0.4) is 0 Å². The number of nitrogens with one attached hydrogen (secondary N) is 1. The molecule has 6 heteroatoms. The van der Waals surface area contributed by atoms with Crippen LogP contribution in [-0.4, -0.2) is 20.9 Å². The maximum absolute atomic E-state index is 13.4. The summed E-state index contributed by atoms with van der Waals surface area (Å²) in [6.07, 6.45) is 0.646. The van der Waals surface area contributed by atoms with Crippen LogP contribution in [0.4, 0.5) is 4.39 Å². The average Bonchev–Trinajstić information content (AvgIpc) is 2.61. The zero-order chi connectivity index (χ0) is 18.7. The number of hydrogen-bond acceptors (Lipinski definition) is 3. The van der Waals surface area contributed by atoms with Crippen LogP contribution in [0.5, 0.6) is 0 Å². The molecule has 0 atom stereocenters. The molecular weight excluding hydrogens is 353 g/mol. The monoisotopic (exact) mass is 371 g/mol. The Kier molecular flexibility index (Phi) is 5.04. The number of amides is 1. The standard InChI is InChI=1S/C20H18FNO3S/c1-14(23)22-11-10-15-4-2-5-16-12-19(8-9-20(15)16)26(24,25)18-7-3-6-17(21)13-18/h2-9,12-13H,10-11H2,1H3,(H,22,23).